The van der Waals surface area contributed by atoms with Crippen molar-refractivity contribution in [3.05, 3.63) is 0 Å². The second-order valence-electron chi connectivity index (χ2n) is 0.770. The molecule has 0 N–H and O–H groups in total. The lowest BCUT2D eigenvalue weighted by Crippen LogP contribution is -2.01. The molecule has 7 radical (unpaired) electrons. The molecule has 0 saturated heterocycles. The van der Waals surface area contributed by atoms with Gasteiger partial charge in [-0.3, -0.25) is 0 Å². The molecule has 0 aliphatic heterocycles. The predicted molar refractivity (Wildman–Crippen MR) is 26.8 cm³/mol. The zero-order chi connectivity index (χ0) is 4.28. The van der Waals surface area contributed by atoms with Gasteiger partial charge >= 0.3 is 0 Å². The van der Waals surface area contributed by atoms with Gasteiger partial charge in [-0.1, -0.05) is 0 Å². The van der Waals surface area contributed by atoms with Crippen LogP contribution < -0.4 is 0 Å². The van der Waals surface area contributed by atoms with Gasteiger partial charge in [0.1, 0.15) is 0 Å². The summed E-state index contributed by atoms with van der Waals surface area (Å²) in [6.45, 7) is 0. The van der Waals surface area contributed by atoms with E-state index in [0.29, 0.717) is 0 Å². The van der Waals surface area contributed by atoms with Crippen molar-refractivity contribution < 1.29 is 0 Å². The number of rotatable bonds is 1. The van der Waals surface area contributed by atoms with Crippen molar-refractivity contribution in [3.8, 4) is 0 Å². The second-order valence-corrected chi connectivity index (χ2v) is 0.770. The van der Waals surface area contributed by atoms with Gasteiger partial charge in [0, 0.05) is 30.6 Å². The van der Waals surface area contributed by atoms with Gasteiger partial charge in [0.25, 0.3) is 0 Å². The summed E-state index contributed by atoms with van der Waals surface area (Å²) in [6, 6.07) is 0. The van der Waals surface area contributed by atoms with Crippen LogP contribution in [0.2, 0.25) is 5.62 Å². The van der Waals surface area contributed by atoms with Gasteiger partial charge < -0.3 is 0 Å². The van der Waals surface area contributed by atoms with Crippen LogP contribution in [-0.4, -0.2) is 30.6 Å². The van der Waals surface area contributed by atoms with E-state index in [9.17, 15) is 0 Å². The van der Waals surface area contributed by atoms with Crippen molar-refractivity contribution in [2.75, 3.05) is 0 Å². The quantitative estimate of drug-likeness (QED) is 0.332. The Morgan fingerprint density at radius 2 is 1.60 bits per heavy atom. The van der Waals surface area contributed by atoms with Gasteiger partial charge in [-0.05, 0) is 0 Å². The summed E-state index contributed by atoms with van der Waals surface area (Å²) in [5.41, 5.74) is -0.463. The summed E-state index contributed by atoms with van der Waals surface area (Å²) in [5.74, 6) is 0. The van der Waals surface area contributed by atoms with E-state index >= 15 is 0 Å². The van der Waals surface area contributed by atoms with Crippen LogP contribution in [0.15, 0.2) is 0 Å². The van der Waals surface area contributed by atoms with Crippen LogP contribution >= 0.6 is 0 Å². The largest absolute Gasteiger partial charge is 0.143 e. The molecule has 0 aromatic heterocycles. The fraction of sp³-hybridized carbons (Fsp3) is 1.00. The van der Waals surface area contributed by atoms with Crippen LogP contribution in [0.5, 0.6) is 0 Å². The van der Waals surface area contributed by atoms with Crippen LogP contribution in [0.4, 0.5) is 0 Å². The topological polar surface area (TPSA) is 0 Å². The van der Waals surface area contributed by atoms with Crippen molar-refractivity contribution in [2.24, 2.45) is 0 Å². The number of hydrogen-bond acceptors (Lipinski definition) is 0. The van der Waals surface area contributed by atoms with Crippen LogP contribution in [0.3, 0.4) is 0 Å². The lowest BCUT2D eigenvalue weighted by molar-refractivity contribution is 1.90. The fourth-order valence-corrected chi connectivity index (χ4v) is 0. The van der Waals surface area contributed by atoms with Crippen molar-refractivity contribution in [3.63, 3.8) is 0 Å². The zero-order valence-electron chi connectivity index (χ0n) is 2.89. The summed E-state index contributed by atoms with van der Waals surface area (Å²) in [5, 5.41) is 0. The van der Waals surface area contributed by atoms with E-state index in [2.05, 4.69) is 0 Å². The zero-order valence-corrected chi connectivity index (χ0v) is 2.89. The smallest absolute Gasteiger partial charge is 0.0470 e. The molecule has 0 aromatic carbocycles. The van der Waals surface area contributed by atoms with Gasteiger partial charge in [0.2, 0.25) is 0 Å². The highest BCUT2D eigenvalue weighted by atomic mass is 13.3. The molecule has 0 saturated carbocycles. The van der Waals surface area contributed by atoms with Crippen molar-refractivity contribution >= 4 is 30.6 Å². The van der Waals surface area contributed by atoms with Gasteiger partial charge in [0.15, 0.2) is 0 Å². The van der Waals surface area contributed by atoms with E-state index in [0.717, 1.165) is 0 Å². The van der Waals surface area contributed by atoms with Crippen molar-refractivity contribution in [1.29, 1.82) is 0 Å². The first-order valence-corrected chi connectivity index (χ1v) is 1.33. The maximum atomic E-state index is 4.89. The summed E-state index contributed by atoms with van der Waals surface area (Å²) in [4.78, 5) is 0. The van der Waals surface area contributed by atoms with Gasteiger partial charge in [-0.25, -0.2) is 0 Å². The molecular formula is CHB4. The Balaban J connectivity index is 2.54. The highest BCUT2D eigenvalue weighted by Crippen LogP contribution is 1.75. The number of hydrogen-bond donors (Lipinski definition) is 0. The highest BCUT2D eigenvalue weighted by molar-refractivity contribution is 6.96. The molecule has 4 heteroatoms. The SMILES string of the molecule is [B][B]C([B])[B]. The van der Waals surface area contributed by atoms with E-state index in [1.165, 1.54) is 7.17 Å². The maximum Gasteiger partial charge on any atom is 0.0470 e. The molecule has 0 unspecified atom stereocenters. The Morgan fingerprint density at radius 3 is 1.60 bits per heavy atom. The molecule has 0 aliphatic rings. The molecule has 0 bridgehead atoms. The minimum absolute atomic E-state index is 0.463. The van der Waals surface area contributed by atoms with Crippen molar-refractivity contribution in [2.45, 2.75) is 5.62 Å². The van der Waals surface area contributed by atoms with E-state index in [4.69, 9.17) is 23.4 Å². The molecule has 5 heavy (non-hydrogen) atoms. The summed E-state index contributed by atoms with van der Waals surface area (Å²) >= 11 is 0. The molecule has 0 rings (SSSR count). The summed E-state index contributed by atoms with van der Waals surface area (Å²) < 4.78 is 0. The average molecular weight is 56.3 g/mol. The van der Waals surface area contributed by atoms with E-state index in [-0.39, 0.29) is 0 Å². The second kappa shape index (κ2) is 2.49. The third-order valence-electron chi connectivity index (χ3n) is 0.222. The first-order chi connectivity index (χ1) is 2.27. The molecule has 0 spiro atoms. The monoisotopic (exact) mass is 57.0 g/mol. The van der Waals surface area contributed by atoms with Crippen molar-refractivity contribution in [1.82, 2.24) is 0 Å². The minimum atomic E-state index is -0.463. The molecule has 0 fully saturated rings. The molecule has 17 valence electrons. The Labute approximate surface area is 37.2 Å². The first kappa shape index (κ1) is 5.26. The third-order valence-corrected chi connectivity index (χ3v) is 0.222. The molecule has 0 heterocycles. The molecule has 0 aromatic rings. The minimum Gasteiger partial charge on any atom is -0.143 e. The van der Waals surface area contributed by atoms with Crippen LogP contribution in [0, 0.1) is 0 Å². The summed E-state index contributed by atoms with van der Waals surface area (Å²) in [6.07, 6.45) is 0. The fourth-order valence-electron chi connectivity index (χ4n) is 0. The molecule has 0 aliphatic carbocycles. The van der Waals surface area contributed by atoms with Crippen LogP contribution in [0.25, 0.3) is 0 Å². The normalized spacial score (nSPS) is 8.20. The lowest BCUT2D eigenvalue weighted by atomic mass is 9.35. The molecular weight excluding hydrogens is 55.3 g/mol. The Bertz CT molecular complexity index is 17.6. The Morgan fingerprint density at radius 1 is 1.40 bits per heavy atom. The first-order valence-electron chi connectivity index (χ1n) is 1.33. The van der Waals surface area contributed by atoms with E-state index in [1.807, 2.05) is 0 Å². The maximum absolute atomic E-state index is 4.89. The molecule has 0 atom stereocenters. The third kappa shape index (κ3) is 4.26. The van der Waals surface area contributed by atoms with Gasteiger partial charge in [0.05, 0.1) is 0 Å². The predicted octanol–water partition coefficient (Wildman–Crippen LogP) is -1.19. The standard InChI is InChI=1S/CHB4/c2-1(3)5-4/h1H. The highest BCUT2D eigenvalue weighted by Gasteiger charge is 1.81. The Hall–Kier alpha value is 0.260. The van der Waals surface area contributed by atoms with Gasteiger partial charge in [-0.2, -0.15) is 0 Å². The van der Waals surface area contributed by atoms with E-state index in [1.54, 1.807) is 0 Å². The lowest BCUT2D eigenvalue weighted by Gasteiger charge is -1.89. The van der Waals surface area contributed by atoms with E-state index < -0.39 is 5.62 Å². The molecule has 0 amide bonds. The average Bonchev–Trinajstić information content (AvgIpc) is 1.38. The van der Waals surface area contributed by atoms with Gasteiger partial charge in [-0.15, -0.1) is 5.62 Å². The Kier molecular flexibility index (Phi) is 2.62. The molecule has 0 nitrogen and oxygen atoms in total. The van der Waals surface area contributed by atoms with Crippen LogP contribution in [-0.2, 0) is 0 Å². The van der Waals surface area contributed by atoms with Crippen LogP contribution in [0.1, 0.15) is 0 Å². The summed E-state index contributed by atoms with van der Waals surface area (Å²) in [7, 11) is 15.8.